The van der Waals surface area contributed by atoms with E-state index in [1.807, 2.05) is 19.1 Å². The number of unbranched alkanes of at least 4 members (excludes halogenated alkanes) is 1. The molecule has 1 amide bonds. The van der Waals surface area contributed by atoms with Crippen molar-refractivity contribution in [2.45, 2.75) is 70.5 Å². The molecule has 5 nitrogen and oxygen atoms in total. The summed E-state index contributed by atoms with van der Waals surface area (Å²) < 4.78 is 1.71. The van der Waals surface area contributed by atoms with Crippen LogP contribution in [0.3, 0.4) is 0 Å². The molecule has 0 bridgehead atoms. The van der Waals surface area contributed by atoms with Gasteiger partial charge in [0.25, 0.3) is 5.56 Å². The first kappa shape index (κ1) is 22.1. The number of aromatic nitrogens is 2. The van der Waals surface area contributed by atoms with Gasteiger partial charge in [0.2, 0.25) is 5.91 Å². The fourth-order valence-electron chi connectivity index (χ4n) is 4.07. The molecular weight excluding hydrogens is 426 g/mol. The third kappa shape index (κ3) is 4.88. The predicted octanol–water partition coefficient (Wildman–Crippen LogP) is 5.43. The number of thiophene rings is 1. The van der Waals surface area contributed by atoms with Crippen LogP contribution in [-0.2, 0) is 30.6 Å². The van der Waals surface area contributed by atoms with Crippen molar-refractivity contribution in [3.05, 3.63) is 50.6 Å². The number of carbonyl (C=O) groups is 1. The molecule has 4 rings (SSSR count). The van der Waals surface area contributed by atoms with Gasteiger partial charge in [-0.25, -0.2) is 4.98 Å². The molecule has 0 unspecified atom stereocenters. The molecule has 0 fully saturated rings. The topological polar surface area (TPSA) is 64.0 Å². The van der Waals surface area contributed by atoms with E-state index in [9.17, 15) is 9.59 Å². The van der Waals surface area contributed by atoms with Crippen molar-refractivity contribution in [2.24, 2.45) is 0 Å². The summed E-state index contributed by atoms with van der Waals surface area (Å²) in [5.41, 5.74) is 3.34. The first-order valence-electron chi connectivity index (χ1n) is 11.2. The van der Waals surface area contributed by atoms with E-state index in [-0.39, 0.29) is 17.2 Å². The van der Waals surface area contributed by atoms with Gasteiger partial charge in [-0.2, -0.15) is 0 Å². The third-order valence-electron chi connectivity index (χ3n) is 5.75. The highest BCUT2D eigenvalue weighted by atomic mass is 32.2. The number of hydrogen-bond acceptors (Lipinski definition) is 5. The molecule has 31 heavy (non-hydrogen) atoms. The van der Waals surface area contributed by atoms with E-state index in [0.29, 0.717) is 11.7 Å². The highest BCUT2D eigenvalue weighted by Gasteiger charge is 2.22. The molecule has 0 atom stereocenters. The van der Waals surface area contributed by atoms with Gasteiger partial charge in [0.1, 0.15) is 4.83 Å². The molecular formula is C24H29N3O2S2. The zero-order valence-corrected chi connectivity index (χ0v) is 19.8. The Labute approximate surface area is 191 Å². The highest BCUT2D eigenvalue weighted by molar-refractivity contribution is 7.99. The summed E-state index contributed by atoms with van der Waals surface area (Å²) in [5.74, 6) is 0.134. The largest absolute Gasteiger partial charge is 0.325 e. The zero-order valence-electron chi connectivity index (χ0n) is 18.2. The lowest BCUT2D eigenvalue weighted by atomic mass is 9.97. The Morgan fingerprint density at radius 1 is 1.19 bits per heavy atom. The van der Waals surface area contributed by atoms with Gasteiger partial charge >= 0.3 is 0 Å². The summed E-state index contributed by atoms with van der Waals surface area (Å²) in [6.45, 7) is 4.69. The summed E-state index contributed by atoms with van der Waals surface area (Å²) in [5, 5.41) is 4.38. The van der Waals surface area contributed by atoms with Crippen LogP contribution in [-0.4, -0.2) is 21.2 Å². The highest BCUT2D eigenvalue weighted by Crippen LogP contribution is 2.34. The van der Waals surface area contributed by atoms with Gasteiger partial charge in [0, 0.05) is 17.1 Å². The molecule has 1 N–H and O–H groups in total. The Morgan fingerprint density at radius 3 is 2.71 bits per heavy atom. The standard InChI is InChI=1S/C24H29N3O2S2/c1-3-5-8-16-11-13-17(14-12-16)25-20(28)15-30-24-26-22-21(23(29)27(24)4-2)18-9-6-7-10-19(18)31-22/h11-14H,3-10,15H2,1-2H3,(H,25,28). The zero-order chi connectivity index (χ0) is 21.8. The minimum Gasteiger partial charge on any atom is -0.325 e. The lowest BCUT2D eigenvalue weighted by Gasteiger charge is -2.12. The van der Waals surface area contributed by atoms with Crippen LogP contribution >= 0.6 is 23.1 Å². The van der Waals surface area contributed by atoms with Crippen molar-refractivity contribution in [1.29, 1.82) is 0 Å². The maximum atomic E-state index is 13.2. The molecule has 1 aromatic carbocycles. The first-order chi connectivity index (χ1) is 15.1. The maximum Gasteiger partial charge on any atom is 0.263 e. The average molecular weight is 456 g/mol. The van der Waals surface area contributed by atoms with Crippen LogP contribution in [0.15, 0.2) is 34.2 Å². The second-order valence-electron chi connectivity index (χ2n) is 7.97. The van der Waals surface area contributed by atoms with E-state index >= 15 is 0 Å². The molecule has 2 heterocycles. The summed E-state index contributed by atoms with van der Waals surface area (Å²) in [6, 6.07) is 8.05. The summed E-state index contributed by atoms with van der Waals surface area (Å²) in [7, 11) is 0. The van der Waals surface area contributed by atoms with Crippen molar-refractivity contribution in [3.63, 3.8) is 0 Å². The Hall–Kier alpha value is -2.12. The molecule has 164 valence electrons. The number of nitrogens with zero attached hydrogens (tertiary/aromatic N) is 2. The van der Waals surface area contributed by atoms with Gasteiger partial charge < -0.3 is 5.32 Å². The second kappa shape index (κ2) is 10.0. The van der Waals surface area contributed by atoms with E-state index in [0.717, 1.165) is 41.6 Å². The van der Waals surface area contributed by atoms with Crippen LogP contribution in [0.2, 0.25) is 0 Å². The monoisotopic (exact) mass is 455 g/mol. The number of amides is 1. The minimum atomic E-state index is -0.0891. The quantitative estimate of drug-likeness (QED) is 0.363. The van der Waals surface area contributed by atoms with Crippen molar-refractivity contribution >= 4 is 44.9 Å². The fourth-order valence-corrected chi connectivity index (χ4v) is 6.24. The van der Waals surface area contributed by atoms with Crippen molar-refractivity contribution in [2.75, 3.05) is 11.1 Å². The number of hydrogen-bond donors (Lipinski definition) is 1. The molecule has 0 aliphatic heterocycles. The second-order valence-corrected chi connectivity index (χ2v) is 10.00. The van der Waals surface area contributed by atoms with Crippen molar-refractivity contribution < 1.29 is 4.79 Å². The summed E-state index contributed by atoms with van der Waals surface area (Å²) in [4.78, 5) is 32.6. The smallest absolute Gasteiger partial charge is 0.263 e. The molecule has 1 aliphatic carbocycles. The molecule has 1 aliphatic rings. The van der Waals surface area contributed by atoms with Crippen molar-refractivity contribution in [3.8, 4) is 0 Å². The normalized spacial score (nSPS) is 13.4. The Balaban J connectivity index is 1.47. The molecule has 3 aromatic rings. The Kier molecular flexibility index (Phi) is 7.13. The van der Waals surface area contributed by atoms with E-state index in [1.165, 1.54) is 47.0 Å². The molecule has 0 spiro atoms. The number of fused-ring (bicyclic) bond motifs is 3. The van der Waals surface area contributed by atoms with E-state index < -0.39 is 0 Å². The third-order valence-corrected chi connectivity index (χ3v) is 7.91. The van der Waals surface area contributed by atoms with Gasteiger partial charge in [-0.1, -0.05) is 37.2 Å². The van der Waals surface area contributed by atoms with Gasteiger partial charge in [0.05, 0.1) is 11.1 Å². The van der Waals surface area contributed by atoms with E-state index in [4.69, 9.17) is 4.98 Å². The summed E-state index contributed by atoms with van der Waals surface area (Å²) in [6.07, 6.45) is 7.75. The van der Waals surface area contributed by atoms with E-state index in [1.54, 1.807) is 15.9 Å². The summed E-state index contributed by atoms with van der Waals surface area (Å²) >= 11 is 2.99. The van der Waals surface area contributed by atoms with Crippen molar-refractivity contribution in [1.82, 2.24) is 9.55 Å². The van der Waals surface area contributed by atoms with Gasteiger partial charge in [-0.15, -0.1) is 11.3 Å². The number of thioether (sulfide) groups is 1. The number of nitrogens with one attached hydrogen (secondary N) is 1. The number of anilines is 1. The number of carbonyl (C=O) groups excluding carboxylic acids is 1. The van der Waals surface area contributed by atoms with E-state index in [2.05, 4.69) is 24.4 Å². The number of benzene rings is 1. The van der Waals surface area contributed by atoms with Gasteiger partial charge in [-0.05, 0) is 68.7 Å². The minimum absolute atomic E-state index is 0.0393. The van der Waals surface area contributed by atoms with Crippen LogP contribution < -0.4 is 10.9 Å². The van der Waals surface area contributed by atoms with Gasteiger partial charge in [0.15, 0.2) is 5.16 Å². The average Bonchev–Trinajstić information content (AvgIpc) is 3.16. The van der Waals surface area contributed by atoms with Crippen LogP contribution in [0.1, 0.15) is 55.5 Å². The molecule has 0 saturated carbocycles. The first-order valence-corrected chi connectivity index (χ1v) is 13.0. The lowest BCUT2D eigenvalue weighted by molar-refractivity contribution is -0.113. The van der Waals surface area contributed by atoms with Crippen LogP contribution in [0.25, 0.3) is 10.2 Å². The SMILES string of the molecule is CCCCc1ccc(NC(=O)CSc2nc3sc4c(c3c(=O)n2CC)CCCC4)cc1. The molecule has 2 aromatic heterocycles. The molecule has 0 radical (unpaired) electrons. The Bertz CT molecular complexity index is 1130. The number of aryl methyl sites for hydroxylation is 3. The molecule has 7 heteroatoms. The molecule has 0 saturated heterocycles. The van der Waals surface area contributed by atoms with Crippen LogP contribution in [0.4, 0.5) is 5.69 Å². The van der Waals surface area contributed by atoms with Crippen LogP contribution in [0, 0.1) is 0 Å². The predicted molar refractivity (Wildman–Crippen MR) is 131 cm³/mol. The number of rotatable bonds is 8. The fraction of sp³-hybridized carbons (Fsp3) is 0.458. The maximum absolute atomic E-state index is 13.2. The van der Waals surface area contributed by atoms with Crippen LogP contribution in [0.5, 0.6) is 0 Å². The lowest BCUT2D eigenvalue weighted by Crippen LogP contribution is -2.24. The Morgan fingerprint density at radius 2 is 1.97 bits per heavy atom. The van der Waals surface area contributed by atoms with Gasteiger partial charge in [-0.3, -0.25) is 14.2 Å².